The van der Waals surface area contributed by atoms with Crippen LogP contribution < -0.4 is 0 Å². The Bertz CT molecular complexity index is 815. The van der Waals surface area contributed by atoms with Gasteiger partial charge in [-0.15, -0.1) is 0 Å². The summed E-state index contributed by atoms with van der Waals surface area (Å²) in [5.41, 5.74) is -0.227. The lowest BCUT2D eigenvalue weighted by molar-refractivity contribution is -0.191. The monoisotopic (exact) mass is 444 g/mol. The number of hydrogen-bond acceptors (Lipinski definition) is 5. The van der Waals surface area contributed by atoms with Gasteiger partial charge >= 0.3 is 5.97 Å². The summed E-state index contributed by atoms with van der Waals surface area (Å²) in [6, 6.07) is 0. The van der Waals surface area contributed by atoms with Crippen LogP contribution in [0.25, 0.3) is 0 Å². The van der Waals surface area contributed by atoms with E-state index in [2.05, 4.69) is 20.8 Å². The molecule has 5 nitrogen and oxygen atoms in total. The molecule has 178 valence electrons. The van der Waals surface area contributed by atoms with Crippen LogP contribution in [0.3, 0.4) is 0 Å². The van der Waals surface area contributed by atoms with Crippen molar-refractivity contribution in [3.05, 3.63) is 11.6 Å². The van der Waals surface area contributed by atoms with Crippen molar-refractivity contribution >= 4 is 17.5 Å². The van der Waals surface area contributed by atoms with Gasteiger partial charge in [0.2, 0.25) is 5.78 Å². The third kappa shape index (κ3) is 3.50. The standard InChI is InChI=1S/C27H40O5/c1-4-5-6-7-24(31)32-27(23(30)17-28)15-12-22-20-9-8-18-16-19(29)10-13-25(18,2)21(20)11-14-26(22,27)3/h16,20-22,28H,4-15,17H2,1-3H3/t20-,21+,22+,25+,26+,27+/m1/s1. The molecule has 4 rings (SSSR count). The highest BCUT2D eigenvalue weighted by Crippen LogP contribution is 2.68. The molecule has 4 aliphatic rings. The lowest BCUT2D eigenvalue weighted by Crippen LogP contribution is -2.59. The van der Waals surface area contributed by atoms with Gasteiger partial charge in [-0.05, 0) is 80.6 Å². The molecule has 0 aromatic carbocycles. The lowest BCUT2D eigenvalue weighted by atomic mass is 9.46. The van der Waals surface area contributed by atoms with E-state index in [0.717, 1.165) is 57.8 Å². The van der Waals surface area contributed by atoms with Gasteiger partial charge in [0.15, 0.2) is 11.4 Å². The zero-order valence-electron chi connectivity index (χ0n) is 20.1. The van der Waals surface area contributed by atoms with Crippen LogP contribution in [0.15, 0.2) is 11.6 Å². The molecule has 0 spiro atoms. The molecule has 0 amide bonds. The van der Waals surface area contributed by atoms with Crippen molar-refractivity contribution in [2.24, 2.45) is 28.6 Å². The molecule has 0 radical (unpaired) electrons. The highest BCUT2D eigenvalue weighted by molar-refractivity contribution is 5.92. The Morgan fingerprint density at radius 3 is 2.53 bits per heavy atom. The maximum absolute atomic E-state index is 13.2. The van der Waals surface area contributed by atoms with Crippen LogP contribution in [0.2, 0.25) is 0 Å². The van der Waals surface area contributed by atoms with E-state index in [1.807, 2.05) is 6.08 Å². The quantitative estimate of drug-likeness (QED) is 0.444. The second kappa shape index (κ2) is 8.70. The second-order valence-corrected chi connectivity index (χ2v) is 11.3. The number of unbranched alkanes of at least 4 members (excludes halogenated alkanes) is 2. The average molecular weight is 445 g/mol. The average Bonchev–Trinajstić information content (AvgIpc) is 3.07. The molecule has 0 unspecified atom stereocenters. The molecular formula is C27H40O5. The molecule has 0 aliphatic heterocycles. The summed E-state index contributed by atoms with van der Waals surface area (Å²) in [6.45, 7) is 6.01. The van der Waals surface area contributed by atoms with E-state index in [0.29, 0.717) is 37.0 Å². The summed E-state index contributed by atoms with van der Waals surface area (Å²) in [5, 5.41) is 9.86. The van der Waals surface area contributed by atoms with Crippen LogP contribution in [-0.2, 0) is 19.1 Å². The van der Waals surface area contributed by atoms with Crippen molar-refractivity contribution in [2.75, 3.05) is 6.61 Å². The Balaban J connectivity index is 1.61. The van der Waals surface area contributed by atoms with Gasteiger partial charge in [-0.25, -0.2) is 0 Å². The molecule has 0 aromatic rings. The number of allylic oxidation sites excluding steroid dienone is 1. The number of hydrogen-bond donors (Lipinski definition) is 1. The van der Waals surface area contributed by atoms with Crippen LogP contribution in [-0.4, -0.2) is 34.9 Å². The first-order chi connectivity index (χ1) is 15.2. The Hall–Kier alpha value is -1.49. The minimum absolute atomic E-state index is 0.0707. The van der Waals surface area contributed by atoms with Crippen molar-refractivity contribution in [1.29, 1.82) is 0 Å². The third-order valence-electron chi connectivity index (χ3n) is 9.95. The minimum atomic E-state index is -1.19. The van der Waals surface area contributed by atoms with Crippen molar-refractivity contribution in [1.82, 2.24) is 0 Å². The van der Waals surface area contributed by atoms with E-state index in [1.165, 1.54) is 5.57 Å². The fourth-order valence-electron chi connectivity index (χ4n) is 8.13. The van der Waals surface area contributed by atoms with Crippen LogP contribution in [0.1, 0.15) is 97.8 Å². The number of Topliss-reactive ketones (excluding diaryl/α,β-unsaturated/α-hetero) is 1. The molecule has 3 saturated carbocycles. The summed E-state index contributed by atoms with van der Waals surface area (Å²) >= 11 is 0. The molecule has 4 aliphatic carbocycles. The number of ketones is 2. The highest BCUT2D eigenvalue weighted by Gasteiger charge is 2.68. The molecule has 6 atom stereocenters. The topological polar surface area (TPSA) is 80.7 Å². The van der Waals surface area contributed by atoms with Crippen LogP contribution in [0.4, 0.5) is 0 Å². The molecular weight excluding hydrogens is 404 g/mol. The molecule has 1 N–H and O–H groups in total. The summed E-state index contributed by atoms with van der Waals surface area (Å²) in [4.78, 5) is 38.0. The molecule has 0 bridgehead atoms. The van der Waals surface area contributed by atoms with Gasteiger partial charge in [-0.3, -0.25) is 14.4 Å². The van der Waals surface area contributed by atoms with Crippen molar-refractivity contribution in [3.8, 4) is 0 Å². The SMILES string of the molecule is CCCCCC(=O)O[C@]1(C(=O)CO)CC[C@H]2[C@@H]3CCC4=CC(=O)CC[C@]4(C)[C@H]3CC[C@@]21C. The summed E-state index contributed by atoms with van der Waals surface area (Å²) in [6.07, 6.45) is 11.8. The molecule has 5 heteroatoms. The molecule has 0 saturated heterocycles. The fraction of sp³-hybridized carbons (Fsp3) is 0.815. The Labute approximate surface area is 192 Å². The van der Waals surface area contributed by atoms with Crippen LogP contribution in [0.5, 0.6) is 0 Å². The third-order valence-corrected chi connectivity index (χ3v) is 9.95. The van der Waals surface area contributed by atoms with Gasteiger partial charge in [0.05, 0.1) is 0 Å². The number of ether oxygens (including phenoxy) is 1. The zero-order valence-corrected chi connectivity index (χ0v) is 20.1. The predicted octanol–water partition coefficient (Wildman–Crippen LogP) is 4.94. The van der Waals surface area contributed by atoms with Crippen molar-refractivity contribution in [2.45, 2.75) is 103 Å². The fourth-order valence-corrected chi connectivity index (χ4v) is 8.13. The highest BCUT2D eigenvalue weighted by atomic mass is 16.6. The molecule has 32 heavy (non-hydrogen) atoms. The van der Waals surface area contributed by atoms with Gasteiger partial charge in [-0.1, -0.05) is 39.2 Å². The maximum atomic E-state index is 13.2. The first kappa shape index (κ1) is 23.7. The van der Waals surface area contributed by atoms with E-state index in [9.17, 15) is 19.5 Å². The summed E-state index contributed by atoms with van der Waals surface area (Å²) in [5.74, 6) is 0.924. The maximum Gasteiger partial charge on any atom is 0.306 e. The van der Waals surface area contributed by atoms with E-state index in [4.69, 9.17) is 4.74 Å². The number of carbonyl (C=O) groups excluding carboxylic acids is 3. The Kier molecular flexibility index (Phi) is 6.43. The van der Waals surface area contributed by atoms with E-state index in [-0.39, 0.29) is 23.0 Å². The lowest BCUT2D eigenvalue weighted by Gasteiger charge is -2.59. The number of carbonyl (C=O) groups is 3. The largest absolute Gasteiger partial charge is 0.450 e. The Morgan fingerprint density at radius 2 is 1.81 bits per heavy atom. The first-order valence-electron chi connectivity index (χ1n) is 12.8. The summed E-state index contributed by atoms with van der Waals surface area (Å²) in [7, 11) is 0. The van der Waals surface area contributed by atoms with Gasteiger partial charge in [0, 0.05) is 18.3 Å². The summed E-state index contributed by atoms with van der Waals surface area (Å²) < 4.78 is 6.09. The molecule has 0 heterocycles. The van der Waals surface area contributed by atoms with Crippen molar-refractivity contribution in [3.63, 3.8) is 0 Å². The van der Waals surface area contributed by atoms with E-state index >= 15 is 0 Å². The second-order valence-electron chi connectivity index (χ2n) is 11.3. The molecule has 3 fully saturated rings. The molecule has 0 aromatic heterocycles. The number of aliphatic hydroxyl groups excluding tert-OH is 1. The predicted molar refractivity (Wildman–Crippen MR) is 122 cm³/mol. The smallest absolute Gasteiger partial charge is 0.306 e. The van der Waals surface area contributed by atoms with Gasteiger partial charge in [0.1, 0.15) is 6.61 Å². The first-order valence-corrected chi connectivity index (χ1v) is 12.8. The zero-order chi connectivity index (χ0) is 23.1. The van der Waals surface area contributed by atoms with Crippen LogP contribution in [0, 0.1) is 28.6 Å². The van der Waals surface area contributed by atoms with Crippen molar-refractivity contribution < 1.29 is 24.2 Å². The van der Waals surface area contributed by atoms with Gasteiger partial charge in [-0.2, -0.15) is 0 Å². The number of aliphatic hydroxyl groups is 1. The van der Waals surface area contributed by atoms with Crippen LogP contribution >= 0.6 is 0 Å². The number of fused-ring (bicyclic) bond motifs is 5. The normalized spacial score (nSPS) is 40.7. The number of rotatable bonds is 7. The van der Waals surface area contributed by atoms with Gasteiger partial charge in [0.25, 0.3) is 0 Å². The van der Waals surface area contributed by atoms with E-state index < -0.39 is 17.6 Å². The Morgan fingerprint density at radius 1 is 1.06 bits per heavy atom. The van der Waals surface area contributed by atoms with Gasteiger partial charge < -0.3 is 9.84 Å². The minimum Gasteiger partial charge on any atom is -0.450 e. The number of esters is 1. The van der Waals surface area contributed by atoms with E-state index in [1.54, 1.807) is 0 Å².